The molecule has 1 fully saturated rings. The first kappa shape index (κ1) is 14.3. The van der Waals surface area contributed by atoms with Crippen molar-refractivity contribution in [1.82, 2.24) is 4.98 Å². The van der Waals surface area contributed by atoms with E-state index in [-0.39, 0.29) is 11.3 Å². The molecule has 1 N–H and O–H groups in total. The lowest BCUT2D eigenvalue weighted by Gasteiger charge is -2.46. The van der Waals surface area contributed by atoms with Gasteiger partial charge in [0.05, 0.1) is 7.11 Å². The molecule has 2 atom stereocenters. The molecule has 1 aromatic heterocycles. The summed E-state index contributed by atoms with van der Waals surface area (Å²) in [5.74, 6) is 0.902. The van der Waals surface area contributed by atoms with Crippen LogP contribution in [0.3, 0.4) is 0 Å². The standard InChI is InChI=1S/C16H25NO2/c1-15(2,3)13-9-5-6-10-16(13,18)14-12(19-4)8-7-11-17-14/h7-8,11,13,18H,5-6,9-10H2,1-4H3. The molecule has 19 heavy (non-hydrogen) atoms. The zero-order valence-electron chi connectivity index (χ0n) is 12.4. The highest BCUT2D eigenvalue weighted by atomic mass is 16.5. The minimum Gasteiger partial charge on any atom is -0.495 e. The van der Waals surface area contributed by atoms with Gasteiger partial charge in [0.2, 0.25) is 0 Å². The van der Waals surface area contributed by atoms with Gasteiger partial charge in [0.1, 0.15) is 17.0 Å². The predicted molar refractivity (Wildman–Crippen MR) is 76.1 cm³/mol. The molecular formula is C16H25NO2. The summed E-state index contributed by atoms with van der Waals surface area (Å²) in [5, 5.41) is 11.3. The zero-order chi connectivity index (χ0) is 14.1. The lowest BCUT2D eigenvalue weighted by Crippen LogP contribution is -2.45. The molecule has 2 unspecified atom stereocenters. The van der Waals surface area contributed by atoms with Crippen LogP contribution in [0.5, 0.6) is 5.75 Å². The lowest BCUT2D eigenvalue weighted by molar-refractivity contribution is -0.100. The second kappa shape index (κ2) is 5.12. The van der Waals surface area contributed by atoms with Crippen LogP contribution in [0.1, 0.15) is 52.1 Å². The van der Waals surface area contributed by atoms with Crippen LogP contribution in [-0.2, 0) is 5.60 Å². The normalized spacial score (nSPS) is 28.2. The average Bonchev–Trinajstić information content (AvgIpc) is 2.38. The predicted octanol–water partition coefficient (Wildman–Crippen LogP) is 3.51. The number of hydrogen-bond donors (Lipinski definition) is 1. The van der Waals surface area contributed by atoms with Crippen molar-refractivity contribution in [1.29, 1.82) is 0 Å². The highest BCUT2D eigenvalue weighted by molar-refractivity contribution is 5.33. The van der Waals surface area contributed by atoms with Gasteiger partial charge in [-0.2, -0.15) is 0 Å². The van der Waals surface area contributed by atoms with Crippen molar-refractivity contribution in [3.05, 3.63) is 24.0 Å². The van der Waals surface area contributed by atoms with Gasteiger partial charge >= 0.3 is 0 Å². The van der Waals surface area contributed by atoms with Crippen LogP contribution >= 0.6 is 0 Å². The Morgan fingerprint density at radius 3 is 2.74 bits per heavy atom. The van der Waals surface area contributed by atoms with Crippen molar-refractivity contribution in [2.24, 2.45) is 11.3 Å². The van der Waals surface area contributed by atoms with Crippen LogP contribution in [-0.4, -0.2) is 17.2 Å². The largest absolute Gasteiger partial charge is 0.495 e. The topological polar surface area (TPSA) is 42.4 Å². The molecule has 0 bridgehead atoms. The third-order valence-electron chi connectivity index (χ3n) is 4.32. The van der Waals surface area contributed by atoms with E-state index in [1.807, 2.05) is 12.1 Å². The van der Waals surface area contributed by atoms with Crippen molar-refractivity contribution in [2.75, 3.05) is 7.11 Å². The molecule has 3 nitrogen and oxygen atoms in total. The van der Waals surface area contributed by atoms with Crippen molar-refractivity contribution in [3.8, 4) is 5.75 Å². The van der Waals surface area contributed by atoms with Gasteiger partial charge in [0.25, 0.3) is 0 Å². The zero-order valence-corrected chi connectivity index (χ0v) is 12.4. The first-order valence-corrected chi connectivity index (χ1v) is 7.11. The number of ether oxygens (including phenoxy) is 1. The van der Waals surface area contributed by atoms with Crippen molar-refractivity contribution in [3.63, 3.8) is 0 Å². The smallest absolute Gasteiger partial charge is 0.143 e. The van der Waals surface area contributed by atoms with Crippen molar-refractivity contribution < 1.29 is 9.84 Å². The number of hydrogen-bond acceptors (Lipinski definition) is 3. The summed E-state index contributed by atoms with van der Waals surface area (Å²) in [7, 11) is 1.64. The molecule has 1 aliphatic rings. The molecule has 0 saturated heterocycles. The molecule has 2 rings (SSSR count). The second-order valence-electron chi connectivity index (χ2n) is 6.64. The molecule has 0 aromatic carbocycles. The lowest BCUT2D eigenvalue weighted by atomic mass is 9.62. The highest BCUT2D eigenvalue weighted by Crippen LogP contribution is 2.50. The van der Waals surface area contributed by atoms with Crippen LogP contribution in [0.2, 0.25) is 0 Å². The Balaban J connectivity index is 2.48. The van der Waals surface area contributed by atoms with Crippen LogP contribution in [0.4, 0.5) is 0 Å². The summed E-state index contributed by atoms with van der Waals surface area (Å²) in [6, 6.07) is 3.73. The molecule has 1 saturated carbocycles. The summed E-state index contributed by atoms with van der Waals surface area (Å²) in [5.41, 5.74) is -0.113. The van der Waals surface area contributed by atoms with Gasteiger partial charge in [-0.15, -0.1) is 0 Å². The number of aliphatic hydroxyl groups is 1. The molecule has 3 heteroatoms. The Kier molecular flexibility index (Phi) is 3.86. The minimum atomic E-state index is -0.872. The van der Waals surface area contributed by atoms with E-state index >= 15 is 0 Å². The van der Waals surface area contributed by atoms with Crippen LogP contribution < -0.4 is 4.74 Å². The maximum absolute atomic E-state index is 11.3. The quantitative estimate of drug-likeness (QED) is 0.887. The molecular weight excluding hydrogens is 238 g/mol. The summed E-state index contributed by atoms with van der Waals surface area (Å²) in [6.07, 6.45) is 5.77. The van der Waals surface area contributed by atoms with Crippen LogP contribution in [0, 0.1) is 11.3 Å². The molecule has 0 radical (unpaired) electrons. The molecule has 1 aromatic rings. The van der Waals surface area contributed by atoms with E-state index in [0.29, 0.717) is 11.4 Å². The van der Waals surface area contributed by atoms with E-state index < -0.39 is 5.60 Å². The van der Waals surface area contributed by atoms with Crippen molar-refractivity contribution >= 4 is 0 Å². The Morgan fingerprint density at radius 1 is 1.37 bits per heavy atom. The van der Waals surface area contributed by atoms with E-state index in [2.05, 4.69) is 25.8 Å². The summed E-state index contributed by atoms with van der Waals surface area (Å²) in [4.78, 5) is 4.43. The molecule has 1 aliphatic carbocycles. The Labute approximate surface area is 116 Å². The van der Waals surface area contributed by atoms with E-state index in [9.17, 15) is 5.11 Å². The molecule has 1 heterocycles. The number of nitrogens with zero attached hydrogens (tertiary/aromatic N) is 1. The van der Waals surface area contributed by atoms with Crippen LogP contribution in [0.15, 0.2) is 18.3 Å². The molecule has 106 valence electrons. The molecule has 0 amide bonds. The first-order chi connectivity index (χ1) is 8.89. The fraction of sp³-hybridized carbons (Fsp3) is 0.688. The third-order valence-corrected chi connectivity index (χ3v) is 4.32. The fourth-order valence-corrected chi connectivity index (χ4v) is 3.47. The Hall–Kier alpha value is -1.09. The Morgan fingerprint density at radius 2 is 2.11 bits per heavy atom. The summed E-state index contributed by atoms with van der Waals surface area (Å²) >= 11 is 0. The van der Waals surface area contributed by atoms with Gasteiger partial charge in [0.15, 0.2) is 0 Å². The van der Waals surface area contributed by atoms with E-state index in [0.717, 1.165) is 19.3 Å². The SMILES string of the molecule is COc1cccnc1C1(O)CCCCC1C(C)(C)C. The second-order valence-corrected chi connectivity index (χ2v) is 6.64. The summed E-state index contributed by atoms with van der Waals surface area (Å²) in [6.45, 7) is 6.59. The Bertz CT molecular complexity index is 439. The monoisotopic (exact) mass is 263 g/mol. The van der Waals surface area contributed by atoms with Gasteiger partial charge in [-0.05, 0) is 36.3 Å². The van der Waals surface area contributed by atoms with E-state index in [4.69, 9.17) is 4.74 Å². The maximum atomic E-state index is 11.3. The third kappa shape index (κ3) is 2.62. The molecule has 0 aliphatic heterocycles. The van der Waals surface area contributed by atoms with Gasteiger partial charge in [-0.1, -0.05) is 33.6 Å². The minimum absolute atomic E-state index is 0.0533. The fourth-order valence-electron chi connectivity index (χ4n) is 3.47. The van der Waals surface area contributed by atoms with Crippen molar-refractivity contribution in [2.45, 2.75) is 52.1 Å². The average molecular weight is 263 g/mol. The maximum Gasteiger partial charge on any atom is 0.143 e. The van der Waals surface area contributed by atoms with Crippen LogP contribution in [0.25, 0.3) is 0 Å². The molecule has 0 spiro atoms. The number of rotatable bonds is 2. The van der Waals surface area contributed by atoms with Gasteiger partial charge in [0, 0.05) is 6.20 Å². The number of aromatic nitrogens is 1. The number of methoxy groups -OCH3 is 1. The van der Waals surface area contributed by atoms with Gasteiger partial charge in [-0.3, -0.25) is 4.98 Å². The van der Waals surface area contributed by atoms with E-state index in [1.54, 1.807) is 13.3 Å². The van der Waals surface area contributed by atoms with E-state index in [1.165, 1.54) is 6.42 Å². The summed E-state index contributed by atoms with van der Waals surface area (Å²) < 4.78 is 5.40. The first-order valence-electron chi connectivity index (χ1n) is 7.11. The number of pyridine rings is 1. The van der Waals surface area contributed by atoms with Gasteiger partial charge in [-0.25, -0.2) is 0 Å². The van der Waals surface area contributed by atoms with Gasteiger partial charge < -0.3 is 9.84 Å². The highest BCUT2D eigenvalue weighted by Gasteiger charge is 2.48.